The van der Waals surface area contributed by atoms with E-state index >= 15 is 0 Å². The number of para-hydroxylation sites is 1. The summed E-state index contributed by atoms with van der Waals surface area (Å²) in [5.41, 5.74) is 1.78. The number of hydrogen-bond acceptors (Lipinski definition) is 3. The lowest BCUT2D eigenvalue weighted by atomic mass is 10.1. The summed E-state index contributed by atoms with van der Waals surface area (Å²) in [5, 5.41) is 10.7. The highest BCUT2D eigenvalue weighted by atomic mass is 16.5. The molecule has 0 bridgehead atoms. The maximum Gasteiger partial charge on any atom is 0.409 e. The van der Waals surface area contributed by atoms with Crippen LogP contribution in [0.2, 0.25) is 0 Å². The molecule has 1 amide bonds. The minimum atomic E-state index is -0.359. The van der Waals surface area contributed by atoms with E-state index in [4.69, 9.17) is 0 Å². The summed E-state index contributed by atoms with van der Waals surface area (Å²) in [5.74, 6) is 0. The van der Waals surface area contributed by atoms with Crippen molar-refractivity contribution in [3.05, 3.63) is 36.0 Å². The van der Waals surface area contributed by atoms with Crippen LogP contribution in [0.15, 0.2) is 30.5 Å². The Balaban J connectivity index is 2.15. The van der Waals surface area contributed by atoms with Gasteiger partial charge in [0, 0.05) is 25.2 Å². The Labute approximate surface area is 105 Å². The first kappa shape index (κ1) is 12.3. The van der Waals surface area contributed by atoms with Crippen molar-refractivity contribution in [2.75, 3.05) is 20.7 Å². The van der Waals surface area contributed by atoms with Gasteiger partial charge < -0.3 is 14.8 Å². The molecular weight excluding hydrogens is 232 g/mol. The second kappa shape index (κ2) is 5.00. The molecule has 18 heavy (non-hydrogen) atoms. The van der Waals surface area contributed by atoms with Gasteiger partial charge in [-0.05, 0) is 18.1 Å². The summed E-state index contributed by atoms with van der Waals surface area (Å²) in [4.78, 5) is 12.8. The maximum atomic E-state index is 11.3. The number of methoxy groups -OCH3 is 1. The first-order valence-corrected chi connectivity index (χ1v) is 5.70. The van der Waals surface area contributed by atoms with E-state index in [1.165, 1.54) is 12.0 Å². The van der Waals surface area contributed by atoms with Gasteiger partial charge in [0.05, 0.1) is 12.6 Å². The molecule has 0 fully saturated rings. The van der Waals surface area contributed by atoms with E-state index in [1.807, 2.05) is 24.3 Å². The van der Waals surface area contributed by atoms with E-state index in [9.17, 15) is 10.0 Å². The number of rotatable bonds is 3. The molecule has 5 heteroatoms. The van der Waals surface area contributed by atoms with Gasteiger partial charge in [-0.1, -0.05) is 18.2 Å². The number of aromatic nitrogens is 1. The van der Waals surface area contributed by atoms with Gasteiger partial charge in [0.1, 0.15) is 0 Å². The van der Waals surface area contributed by atoms with Crippen molar-refractivity contribution in [2.24, 2.45) is 0 Å². The van der Waals surface area contributed by atoms with Crippen LogP contribution in [0, 0.1) is 0 Å². The van der Waals surface area contributed by atoms with Crippen molar-refractivity contribution < 1.29 is 14.7 Å². The van der Waals surface area contributed by atoms with Gasteiger partial charge in [-0.2, -0.15) is 4.73 Å². The standard InChI is InChI=1S/C13H16N2O3/c1-14(13(16)18-2)8-7-10-9-15(17)12-6-4-3-5-11(10)12/h3-6,9,17H,7-8H2,1-2H3. The van der Waals surface area contributed by atoms with Crippen LogP contribution in [0.4, 0.5) is 4.79 Å². The molecule has 2 aromatic rings. The lowest BCUT2D eigenvalue weighted by Crippen LogP contribution is -2.28. The highest BCUT2D eigenvalue weighted by molar-refractivity contribution is 5.83. The van der Waals surface area contributed by atoms with Gasteiger partial charge in [-0.3, -0.25) is 0 Å². The first-order chi connectivity index (χ1) is 8.63. The monoisotopic (exact) mass is 248 g/mol. The van der Waals surface area contributed by atoms with E-state index < -0.39 is 0 Å². The molecule has 5 nitrogen and oxygen atoms in total. The Hall–Kier alpha value is -2.17. The van der Waals surface area contributed by atoms with Crippen LogP contribution in [0.25, 0.3) is 10.9 Å². The molecule has 1 heterocycles. The van der Waals surface area contributed by atoms with E-state index in [0.29, 0.717) is 13.0 Å². The number of fused-ring (bicyclic) bond motifs is 1. The van der Waals surface area contributed by atoms with Crippen molar-refractivity contribution in [1.82, 2.24) is 9.63 Å². The largest absolute Gasteiger partial charge is 0.453 e. The normalized spacial score (nSPS) is 10.6. The number of likely N-dealkylation sites (N-methyl/N-ethyl adjacent to an activating group) is 1. The lowest BCUT2D eigenvalue weighted by molar-refractivity contribution is 0.134. The van der Waals surface area contributed by atoms with E-state index in [2.05, 4.69) is 4.74 Å². The average molecular weight is 248 g/mol. The fourth-order valence-corrected chi connectivity index (χ4v) is 1.97. The van der Waals surface area contributed by atoms with E-state index in [0.717, 1.165) is 21.2 Å². The SMILES string of the molecule is COC(=O)N(C)CCc1cn(O)c2ccccc12. The molecule has 96 valence electrons. The van der Waals surface area contributed by atoms with Crippen LogP contribution in [-0.2, 0) is 11.2 Å². The van der Waals surface area contributed by atoms with Crippen molar-refractivity contribution in [3.63, 3.8) is 0 Å². The second-order valence-corrected chi connectivity index (χ2v) is 4.16. The van der Waals surface area contributed by atoms with Crippen LogP contribution < -0.4 is 0 Å². The smallest absolute Gasteiger partial charge is 0.409 e. The van der Waals surface area contributed by atoms with Crippen molar-refractivity contribution in [2.45, 2.75) is 6.42 Å². The predicted octanol–water partition coefficient (Wildman–Crippen LogP) is 2.12. The van der Waals surface area contributed by atoms with Crippen molar-refractivity contribution in [3.8, 4) is 0 Å². The van der Waals surface area contributed by atoms with Crippen LogP contribution in [0.1, 0.15) is 5.56 Å². The summed E-state index contributed by atoms with van der Waals surface area (Å²) in [6.07, 6.45) is 1.98. The minimum Gasteiger partial charge on any atom is -0.453 e. The highest BCUT2D eigenvalue weighted by Gasteiger charge is 2.11. The number of carbonyl (C=O) groups is 1. The van der Waals surface area contributed by atoms with Crippen molar-refractivity contribution in [1.29, 1.82) is 0 Å². The van der Waals surface area contributed by atoms with Gasteiger partial charge in [-0.15, -0.1) is 0 Å². The first-order valence-electron chi connectivity index (χ1n) is 5.70. The molecule has 0 saturated heterocycles. The zero-order valence-electron chi connectivity index (χ0n) is 10.5. The third-order valence-corrected chi connectivity index (χ3v) is 2.98. The number of amides is 1. The Morgan fingerprint density at radius 3 is 2.89 bits per heavy atom. The quantitative estimate of drug-likeness (QED) is 0.846. The molecule has 1 aromatic heterocycles. The molecular formula is C13H16N2O3. The van der Waals surface area contributed by atoms with Gasteiger partial charge in [0.2, 0.25) is 0 Å². The average Bonchev–Trinajstić information content (AvgIpc) is 2.72. The number of carbonyl (C=O) groups excluding carboxylic acids is 1. The molecule has 1 N–H and O–H groups in total. The summed E-state index contributed by atoms with van der Waals surface area (Å²) >= 11 is 0. The van der Waals surface area contributed by atoms with Crippen LogP contribution >= 0.6 is 0 Å². The predicted molar refractivity (Wildman–Crippen MR) is 67.9 cm³/mol. The van der Waals surface area contributed by atoms with Crippen molar-refractivity contribution >= 4 is 17.0 Å². The molecule has 1 aromatic carbocycles. The van der Waals surface area contributed by atoms with Crippen LogP contribution in [0.5, 0.6) is 0 Å². The maximum absolute atomic E-state index is 11.3. The Morgan fingerprint density at radius 1 is 1.44 bits per heavy atom. The molecule has 2 rings (SSSR count). The Kier molecular flexibility index (Phi) is 3.41. The lowest BCUT2D eigenvalue weighted by Gasteiger charge is -2.14. The fraction of sp³-hybridized carbons (Fsp3) is 0.308. The molecule has 0 aliphatic heterocycles. The molecule has 0 unspecified atom stereocenters. The third-order valence-electron chi connectivity index (χ3n) is 2.98. The second-order valence-electron chi connectivity index (χ2n) is 4.16. The van der Waals surface area contributed by atoms with Crippen LogP contribution in [-0.4, -0.2) is 41.6 Å². The number of nitrogens with zero attached hydrogens (tertiary/aromatic N) is 2. The number of ether oxygens (including phenoxy) is 1. The number of benzene rings is 1. The summed E-state index contributed by atoms with van der Waals surface area (Å²) in [6.45, 7) is 0.542. The third kappa shape index (κ3) is 2.25. The van der Waals surface area contributed by atoms with Gasteiger partial charge in [0.25, 0.3) is 0 Å². The Bertz CT molecular complexity index is 562. The van der Waals surface area contributed by atoms with Crippen LogP contribution in [0.3, 0.4) is 0 Å². The molecule has 0 aliphatic rings. The van der Waals surface area contributed by atoms with Gasteiger partial charge >= 0.3 is 6.09 Å². The molecule has 0 aliphatic carbocycles. The Morgan fingerprint density at radius 2 is 2.17 bits per heavy atom. The highest BCUT2D eigenvalue weighted by Crippen LogP contribution is 2.20. The van der Waals surface area contributed by atoms with E-state index in [-0.39, 0.29) is 6.09 Å². The molecule has 0 radical (unpaired) electrons. The topological polar surface area (TPSA) is 54.7 Å². The fourth-order valence-electron chi connectivity index (χ4n) is 1.97. The van der Waals surface area contributed by atoms with Gasteiger partial charge in [-0.25, -0.2) is 4.79 Å². The minimum absolute atomic E-state index is 0.359. The summed E-state index contributed by atoms with van der Waals surface area (Å²) in [7, 11) is 3.04. The molecule has 0 saturated carbocycles. The van der Waals surface area contributed by atoms with Gasteiger partial charge in [0.15, 0.2) is 0 Å². The van der Waals surface area contributed by atoms with E-state index in [1.54, 1.807) is 13.2 Å². The molecule has 0 atom stereocenters. The zero-order valence-corrected chi connectivity index (χ0v) is 10.5. The number of hydrogen-bond donors (Lipinski definition) is 1. The zero-order chi connectivity index (χ0) is 13.1. The summed E-state index contributed by atoms with van der Waals surface area (Å²) < 4.78 is 5.74. The molecule has 0 spiro atoms. The summed E-state index contributed by atoms with van der Waals surface area (Å²) in [6, 6.07) is 7.60.